The lowest BCUT2D eigenvalue weighted by molar-refractivity contribution is -0.139. The van der Waals surface area contributed by atoms with Crippen LogP contribution in [0.1, 0.15) is 57.2 Å². The van der Waals surface area contributed by atoms with Gasteiger partial charge in [0.25, 0.3) is 10.0 Å². The molecule has 42 heavy (non-hydrogen) atoms. The highest BCUT2D eigenvalue weighted by Crippen LogP contribution is 2.29. The quantitative estimate of drug-likeness (QED) is 0.238. The van der Waals surface area contributed by atoms with Gasteiger partial charge in [0.1, 0.15) is 12.6 Å². The second-order valence-electron chi connectivity index (χ2n) is 11.1. The van der Waals surface area contributed by atoms with E-state index in [1.54, 1.807) is 49.4 Å². The van der Waals surface area contributed by atoms with Crippen molar-refractivity contribution >= 4 is 50.7 Å². The molecule has 10 heteroatoms. The molecular weight excluding hydrogens is 593 g/mol. The first kappa shape index (κ1) is 33.4. The third kappa shape index (κ3) is 8.27. The van der Waals surface area contributed by atoms with Gasteiger partial charge in [-0.15, -0.1) is 0 Å². The van der Waals surface area contributed by atoms with Crippen LogP contribution in [-0.4, -0.2) is 44.3 Å². The number of carbonyl (C=O) groups is 2. The first-order valence-corrected chi connectivity index (χ1v) is 16.1. The summed E-state index contributed by atoms with van der Waals surface area (Å²) in [5.41, 5.74) is 2.73. The molecule has 3 aromatic rings. The lowest BCUT2D eigenvalue weighted by Gasteiger charge is -2.32. The Morgan fingerprint density at radius 1 is 0.857 bits per heavy atom. The van der Waals surface area contributed by atoms with Gasteiger partial charge in [0.2, 0.25) is 11.8 Å². The molecule has 0 unspecified atom stereocenters. The number of benzene rings is 3. The van der Waals surface area contributed by atoms with Crippen LogP contribution in [0.25, 0.3) is 0 Å². The van der Waals surface area contributed by atoms with Crippen LogP contribution in [0.4, 0.5) is 5.69 Å². The monoisotopic (exact) mass is 631 g/mol. The fourth-order valence-electron chi connectivity index (χ4n) is 4.28. The van der Waals surface area contributed by atoms with Crippen LogP contribution in [-0.2, 0) is 26.2 Å². The maximum atomic E-state index is 14.1. The van der Waals surface area contributed by atoms with Crippen molar-refractivity contribution in [2.45, 2.75) is 64.9 Å². The maximum absolute atomic E-state index is 14.1. The molecule has 3 rings (SSSR count). The zero-order valence-corrected chi connectivity index (χ0v) is 27.2. The van der Waals surface area contributed by atoms with Crippen molar-refractivity contribution < 1.29 is 18.0 Å². The average Bonchev–Trinajstić information content (AvgIpc) is 2.94. The van der Waals surface area contributed by atoms with Crippen LogP contribution < -0.4 is 9.62 Å². The van der Waals surface area contributed by atoms with E-state index in [-0.39, 0.29) is 29.2 Å². The van der Waals surface area contributed by atoms with Crippen molar-refractivity contribution in [3.63, 3.8) is 0 Å². The van der Waals surface area contributed by atoms with Crippen molar-refractivity contribution in [2.75, 3.05) is 17.4 Å². The maximum Gasteiger partial charge on any atom is 0.264 e. The van der Waals surface area contributed by atoms with Gasteiger partial charge in [0.05, 0.1) is 10.6 Å². The topological polar surface area (TPSA) is 86.8 Å². The molecule has 2 amide bonds. The van der Waals surface area contributed by atoms with Gasteiger partial charge in [-0.05, 0) is 67.6 Å². The molecule has 3 aromatic carbocycles. The third-order valence-electron chi connectivity index (χ3n) is 6.98. The number of nitrogens with zero attached hydrogens (tertiary/aromatic N) is 2. The smallest absolute Gasteiger partial charge is 0.264 e. The van der Waals surface area contributed by atoms with Crippen molar-refractivity contribution in [3.8, 4) is 0 Å². The van der Waals surface area contributed by atoms with Crippen LogP contribution in [0, 0.1) is 12.8 Å². The average molecular weight is 633 g/mol. The molecule has 0 spiro atoms. The first-order valence-electron chi connectivity index (χ1n) is 13.9. The minimum absolute atomic E-state index is 0.0530. The molecule has 226 valence electrons. The molecular formula is C32H39Cl2N3O4S. The number of amides is 2. The Kier molecular flexibility index (Phi) is 11.5. The van der Waals surface area contributed by atoms with Crippen LogP contribution in [0.2, 0.25) is 10.0 Å². The summed E-state index contributed by atoms with van der Waals surface area (Å²) < 4.78 is 29.1. The summed E-state index contributed by atoms with van der Waals surface area (Å²) in [6, 6.07) is 17.6. The first-order chi connectivity index (χ1) is 19.7. The van der Waals surface area contributed by atoms with Gasteiger partial charge in [-0.2, -0.15) is 0 Å². The Bertz CT molecular complexity index is 1470. The Labute approximate surface area is 259 Å². The highest BCUT2D eigenvalue weighted by molar-refractivity contribution is 7.92. The van der Waals surface area contributed by atoms with Crippen molar-refractivity contribution in [1.29, 1.82) is 0 Å². The third-order valence-corrected chi connectivity index (χ3v) is 9.47. The molecule has 7 nitrogen and oxygen atoms in total. The van der Waals surface area contributed by atoms with E-state index < -0.39 is 28.5 Å². The van der Waals surface area contributed by atoms with E-state index in [1.165, 1.54) is 17.0 Å². The van der Waals surface area contributed by atoms with E-state index in [1.807, 2.05) is 46.8 Å². The van der Waals surface area contributed by atoms with E-state index >= 15 is 0 Å². The SMILES string of the molecule is Cc1ccc(S(=O)(=O)N(CC(=O)N(Cc2c(Cl)cccc2Cl)[C@@H](C)C(=O)NCC(C)C)c2ccc(C(C)C)cc2)cc1. The van der Waals surface area contributed by atoms with Gasteiger partial charge in [0.15, 0.2) is 0 Å². The standard InChI is InChI=1S/C32H39Cl2N3O4S/c1-21(2)18-35-32(39)24(6)36(19-28-29(33)8-7-9-30(28)34)31(38)20-37(26-14-12-25(13-15-26)22(3)4)42(40,41)27-16-10-23(5)11-17-27/h7-17,21-22,24H,18-20H2,1-6H3,(H,35,39)/t24-/m0/s1. The number of hydrogen-bond donors (Lipinski definition) is 1. The van der Waals surface area contributed by atoms with Crippen LogP contribution in [0.3, 0.4) is 0 Å². The Morgan fingerprint density at radius 3 is 1.95 bits per heavy atom. The number of halogens is 2. The fourth-order valence-corrected chi connectivity index (χ4v) is 6.21. The molecule has 1 atom stereocenters. The second kappa shape index (κ2) is 14.4. The summed E-state index contributed by atoms with van der Waals surface area (Å²) in [5.74, 6) is -0.507. The zero-order valence-electron chi connectivity index (χ0n) is 24.9. The summed E-state index contributed by atoms with van der Waals surface area (Å²) in [6.45, 7) is 11.3. The van der Waals surface area contributed by atoms with Crippen LogP contribution in [0.15, 0.2) is 71.6 Å². The van der Waals surface area contributed by atoms with E-state index in [4.69, 9.17) is 23.2 Å². The summed E-state index contributed by atoms with van der Waals surface area (Å²) >= 11 is 12.9. The molecule has 0 radical (unpaired) electrons. The summed E-state index contributed by atoms with van der Waals surface area (Å²) in [7, 11) is -4.16. The predicted molar refractivity (Wildman–Crippen MR) is 171 cm³/mol. The second-order valence-corrected chi connectivity index (χ2v) is 13.8. The van der Waals surface area contributed by atoms with Gasteiger partial charge >= 0.3 is 0 Å². The Balaban J connectivity index is 2.07. The molecule has 0 saturated heterocycles. The van der Waals surface area contributed by atoms with Crippen molar-refractivity contribution in [2.24, 2.45) is 5.92 Å². The summed E-state index contributed by atoms with van der Waals surface area (Å²) in [4.78, 5) is 28.6. The number of hydrogen-bond acceptors (Lipinski definition) is 4. The molecule has 0 bridgehead atoms. The number of sulfonamides is 1. The summed E-state index contributed by atoms with van der Waals surface area (Å²) in [6.07, 6.45) is 0. The van der Waals surface area contributed by atoms with Gasteiger partial charge in [0, 0.05) is 28.7 Å². The molecule has 1 N–H and O–H groups in total. The van der Waals surface area contributed by atoms with Gasteiger partial charge in [-0.25, -0.2) is 8.42 Å². The minimum atomic E-state index is -4.16. The summed E-state index contributed by atoms with van der Waals surface area (Å²) in [5, 5.41) is 3.54. The molecule has 0 fully saturated rings. The van der Waals surface area contributed by atoms with Crippen molar-refractivity contribution in [1.82, 2.24) is 10.2 Å². The van der Waals surface area contributed by atoms with E-state index in [2.05, 4.69) is 5.32 Å². The highest BCUT2D eigenvalue weighted by Gasteiger charge is 2.33. The fraction of sp³-hybridized carbons (Fsp3) is 0.375. The van der Waals surface area contributed by atoms with Crippen molar-refractivity contribution in [3.05, 3.63) is 93.5 Å². The highest BCUT2D eigenvalue weighted by atomic mass is 35.5. The lowest BCUT2D eigenvalue weighted by Crippen LogP contribution is -2.51. The normalized spacial score (nSPS) is 12.3. The van der Waals surface area contributed by atoms with E-state index in [0.717, 1.165) is 15.4 Å². The molecule has 0 heterocycles. The molecule has 0 aromatic heterocycles. The van der Waals surface area contributed by atoms with Gasteiger partial charge in [-0.3, -0.25) is 13.9 Å². The number of aryl methyl sites for hydroxylation is 1. The molecule has 0 saturated carbocycles. The minimum Gasteiger partial charge on any atom is -0.354 e. The largest absolute Gasteiger partial charge is 0.354 e. The van der Waals surface area contributed by atoms with Gasteiger partial charge < -0.3 is 10.2 Å². The molecule has 0 aliphatic heterocycles. The number of rotatable bonds is 12. The van der Waals surface area contributed by atoms with Crippen LogP contribution in [0.5, 0.6) is 0 Å². The Hall–Kier alpha value is -3.07. The number of anilines is 1. The van der Waals surface area contributed by atoms with Crippen LogP contribution >= 0.6 is 23.2 Å². The molecule has 0 aliphatic carbocycles. The number of carbonyl (C=O) groups excluding carboxylic acids is 2. The molecule has 0 aliphatic rings. The zero-order chi connectivity index (χ0) is 31.2. The van der Waals surface area contributed by atoms with E-state index in [0.29, 0.717) is 27.8 Å². The Morgan fingerprint density at radius 2 is 1.43 bits per heavy atom. The van der Waals surface area contributed by atoms with E-state index in [9.17, 15) is 18.0 Å². The van der Waals surface area contributed by atoms with Gasteiger partial charge in [-0.1, -0.05) is 86.8 Å². The lowest BCUT2D eigenvalue weighted by atomic mass is 10.0. The predicted octanol–water partition coefficient (Wildman–Crippen LogP) is 6.81. The number of nitrogens with one attached hydrogen (secondary N) is 1.